The van der Waals surface area contributed by atoms with Crippen LogP contribution in [0, 0.1) is 0 Å². The van der Waals surface area contributed by atoms with Gasteiger partial charge in [-0.25, -0.2) is 9.59 Å². The second kappa shape index (κ2) is 8.02. The Kier molecular flexibility index (Phi) is 5.54. The number of ether oxygens (including phenoxy) is 2. The minimum atomic E-state index is -0.351. The van der Waals surface area contributed by atoms with Crippen LogP contribution in [-0.2, 0) is 9.47 Å². The maximum atomic E-state index is 12.2. The van der Waals surface area contributed by atoms with Crippen LogP contribution in [0.3, 0.4) is 0 Å². The fourth-order valence-corrected chi connectivity index (χ4v) is 3.76. The number of carbonyl (C=O) groups is 2. The van der Waals surface area contributed by atoms with E-state index in [2.05, 4.69) is 0 Å². The SMILES string of the molecule is O=C(OC[C@@H]1SCC[C@H]1OC(=O)c1ccccc1)c1ccccc1. The molecule has 2 aromatic carbocycles. The first kappa shape index (κ1) is 16.6. The van der Waals surface area contributed by atoms with Gasteiger partial charge in [-0.15, -0.1) is 0 Å². The van der Waals surface area contributed by atoms with E-state index < -0.39 is 0 Å². The standard InChI is InChI=1S/C19H18O4S/c20-18(14-7-3-1-4-8-14)22-13-17-16(11-12-24-17)23-19(21)15-9-5-2-6-10-15/h1-10,16-17H,11-13H2/t16-,17+/m1/s1. The molecule has 1 heterocycles. The Balaban J connectivity index is 1.54. The molecule has 0 unspecified atom stereocenters. The number of esters is 2. The molecule has 1 aliphatic rings. The molecule has 0 radical (unpaired) electrons. The summed E-state index contributed by atoms with van der Waals surface area (Å²) in [7, 11) is 0. The van der Waals surface area contributed by atoms with Crippen LogP contribution in [-0.4, -0.2) is 35.7 Å². The summed E-state index contributed by atoms with van der Waals surface area (Å²) in [4.78, 5) is 24.2. The molecule has 0 N–H and O–H groups in total. The highest BCUT2D eigenvalue weighted by Crippen LogP contribution is 2.30. The molecule has 1 aliphatic heterocycles. The second-order valence-corrected chi connectivity index (χ2v) is 6.82. The number of carbonyl (C=O) groups excluding carboxylic acids is 2. The van der Waals surface area contributed by atoms with Gasteiger partial charge in [-0.3, -0.25) is 0 Å². The molecule has 24 heavy (non-hydrogen) atoms. The molecule has 2 atom stereocenters. The van der Waals surface area contributed by atoms with Gasteiger partial charge >= 0.3 is 11.9 Å². The van der Waals surface area contributed by atoms with Crippen LogP contribution in [0.15, 0.2) is 60.7 Å². The molecule has 0 aliphatic carbocycles. The van der Waals surface area contributed by atoms with Crippen molar-refractivity contribution in [1.82, 2.24) is 0 Å². The first-order chi connectivity index (χ1) is 11.7. The second-order valence-electron chi connectivity index (χ2n) is 5.47. The highest BCUT2D eigenvalue weighted by molar-refractivity contribution is 8.00. The summed E-state index contributed by atoms with van der Waals surface area (Å²) in [5, 5.41) is -0.0228. The lowest BCUT2D eigenvalue weighted by Gasteiger charge is -2.19. The first-order valence-corrected chi connectivity index (χ1v) is 8.89. The van der Waals surface area contributed by atoms with Crippen LogP contribution in [0.4, 0.5) is 0 Å². The van der Waals surface area contributed by atoms with Crippen molar-refractivity contribution in [2.75, 3.05) is 12.4 Å². The summed E-state index contributed by atoms with van der Waals surface area (Å²) in [5.74, 6) is 0.207. The molecule has 5 heteroatoms. The third-order valence-electron chi connectivity index (χ3n) is 3.81. The monoisotopic (exact) mass is 342 g/mol. The first-order valence-electron chi connectivity index (χ1n) is 7.84. The van der Waals surface area contributed by atoms with Gasteiger partial charge in [-0.05, 0) is 36.4 Å². The van der Waals surface area contributed by atoms with E-state index in [9.17, 15) is 9.59 Å². The van der Waals surface area contributed by atoms with Gasteiger partial charge in [0.2, 0.25) is 0 Å². The Morgan fingerprint density at radius 1 is 0.917 bits per heavy atom. The average molecular weight is 342 g/mol. The normalized spacial score (nSPS) is 19.7. The van der Waals surface area contributed by atoms with E-state index in [0.717, 1.165) is 12.2 Å². The van der Waals surface area contributed by atoms with Crippen LogP contribution in [0.25, 0.3) is 0 Å². The van der Waals surface area contributed by atoms with Crippen molar-refractivity contribution in [3.05, 3.63) is 71.8 Å². The smallest absolute Gasteiger partial charge is 0.338 e. The Labute approximate surface area is 145 Å². The van der Waals surface area contributed by atoms with Crippen molar-refractivity contribution >= 4 is 23.7 Å². The highest BCUT2D eigenvalue weighted by atomic mass is 32.2. The summed E-state index contributed by atoms with van der Waals surface area (Å²) in [6.45, 7) is 0.241. The third kappa shape index (κ3) is 4.17. The zero-order chi connectivity index (χ0) is 16.8. The summed E-state index contributed by atoms with van der Waals surface area (Å²) >= 11 is 1.67. The fraction of sp³-hybridized carbons (Fsp3) is 0.263. The van der Waals surface area contributed by atoms with Gasteiger partial charge < -0.3 is 9.47 Å². The lowest BCUT2D eigenvalue weighted by molar-refractivity contribution is 0.0221. The molecule has 2 aromatic rings. The van der Waals surface area contributed by atoms with Gasteiger partial charge in [0, 0.05) is 0 Å². The lowest BCUT2D eigenvalue weighted by Crippen LogP contribution is -2.29. The van der Waals surface area contributed by atoms with Crippen molar-refractivity contribution in [3.8, 4) is 0 Å². The number of thioether (sulfide) groups is 1. The van der Waals surface area contributed by atoms with E-state index in [1.165, 1.54) is 0 Å². The molecule has 0 aromatic heterocycles. The van der Waals surface area contributed by atoms with Crippen LogP contribution in [0.5, 0.6) is 0 Å². The molecular weight excluding hydrogens is 324 g/mol. The quantitative estimate of drug-likeness (QED) is 0.778. The summed E-state index contributed by atoms with van der Waals surface area (Å²) in [5.41, 5.74) is 1.06. The zero-order valence-electron chi connectivity index (χ0n) is 13.1. The Morgan fingerprint density at radius 2 is 1.50 bits per heavy atom. The maximum Gasteiger partial charge on any atom is 0.338 e. The molecular formula is C19H18O4S. The third-order valence-corrected chi connectivity index (χ3v) is 5.14. The molecule has 4 nitrogen and oxygen atoms in total. The van der Waals surface area contributed by atoms with Gasteiger partial charge in [0.1, 0.15) is 12.7 Å². The molecule has 0 spiro atoms. The van der Waals surface area contributed by atoms with E-state index in [1.54, 1.807) is 60.3 Å². The van der Waals surface area contributed by atoms with Crippen molar-refractivity contribution < 1.29 is 19.1 Å². The predicted molar refractivity (Wildman–Crippen MR) is 93.2 cm³/mol. The molecule has 1 fully saturated rings. The lowest BCUT2D eigenvalue weighted by atomic mass is 10.2. The van der Waals surface area contributed by atoms with Crippen molar-refractivity contribution in [1.29, 1.82) is 0 Å². The molecule has 0 amide bonds. The summed E-state index contributed by atoms with van der Waals surface area (Å²) < 4.78 is 11.0. The van der Waals surface area contributed by atoms with Crippen molar-refractivity contribution in [2.24, 2.45) is 0 Å². The van der Waals surface area contributed by atoms with E-state index in [4.69, 9.17) is 9.47 Å². The number of rotatable bonds is 5. The van der Waals surface area contributed by atoms with Crippen LogP contribution in [0.2, 0.25) is 0 Å². The molecule has 0 saturated carbocycles. The van der Waals surface area contributed by atoms with E-state index in [-0.39, 0.29) is 29.9 Å². The van der Waals surface area contributed by atoms with Gasteiger partial charge in [0.25, 0.3) is 0 Å². The van der Waals surface area contributed by atoms with E-state index in [0.29, 0.717) is 11.1 Å². The minimum Gasteiger partial charge on any atom is -0.461 e. The van der Waals surface area contributed by atoms with Crippen LogP contribution in [0.1, 0.15) is 27.1 Å². The zero-order valence-corrected chi connectivity index (χ0v) is 13.9. The van der Waals surface area contributed by atoms with Gasteiger partial charge in [0.15, 0.2) is 0 Å². The Hall–Kier alpha value is -2.27. The topological polar surface area (TPSA) is 52.6 Å². The Bertz CT molecular complexity index is 687. The molecule has 124 valence electrons. The van der Waals surface area contributed by atoms with Crippen molar-refractivity contribution in [2.45, 2.75) is 17.8 Å². The predicted octanol–water partition coefficient (Wildman–Crippen LogP) is 3.57. The van der Waals surface area contributed by atoms with Gasteiger partial charge in [-0.1, -0.05) is 36.4 Å². The van der Waals surface area contributed by atoms with Crippen LogP contribution >= 0.6 is 11.8 Å². The largest absolute Gasteiger partial charge is 0.461 e. The molecule has 0 bridgehead atoms. The van der Waals surface area contributed by atoms with Crippen LogP contribution < -0.4 is 0 Å². The molecule has 3 rings (SSSR count). The highest BCUT2D eigenvalue weighted by Gasteiger charge is 2.32. The maximum absolute atomic E-state index is 12.2. The van der Waals surface area contributed by atoms with Crippen molar-refractivity contribution in [3.63, 3.8) is 0 Å². The molecule has 1 saturated heterocycles. The number of benzene rings is 2. The summed E-state index contributed by atoms with van der Waals surface area (Å²) in [6, 6.07) is 17.8. The number of hydrogen-bond donors (Lipinski definition) is 0. The van der Waals surface area contributed by atoms with E-state index in [1.807, 2.05) is 12.1 Å². The van der Waals surface area contributed by atoms with Gasteiger partial charge in [-0.2, -0.15) is 11.8 Å². The van der Waals surface area contributed by atoms with Gasteiger partial charge in [0.05, 0.1) is 16.4 Å². The summed E-state index contributed by atoms with van der Waals surface area (Å²) in [6.07, 6.45) is 0.544. The van der Waals surface area contributed by atoms with E-state index >= 15 is 0 Å². The number of hydrogen-bond acceptors (Lipinski definition) is 5. The fourth-order valence-electron chi connectivity index (χ4n) is 2.51. The average Bonchev–Trinajstić information content (AvgIpc) is 3.08. The Morgan fingerprint density at radius 3 is 2.12 bits per heavy atom. The minimum absolute atomic E-state index is 0.0228.